The van der Waals surface area contributed by atoms with Crippen molar-refractivity contribution in [2.75, 3.05) is 13.0 Å². The van der Waals surface area contributed by atoms with E-state index in [9.17, 15) is 17.6 Å². The minimum Gasteiger partial charge on any atom is -0.376 e. The lowest BCUT2D eigenvalue weighted by molar-refractivity contribution is 0.0914. The molecule has 0 atom stereocenters. The number of aliphatic hydroxyl groups excluding tert-OH is 1. The Morgan fingerprint density at radius 2 is 1.67 bits per heavy atom. The summed E-state index contributed by atoms with van der Waals surface area (Å²) in [5, 5.41) is 11.3. The Morgan fingerprint density at radius 1 is 1.07 bits per heavy atom. The lowest BCUT2D eigenvalue weighted by Gasteiger charge is -2.06. The van der Waals surface area contributed by atoms with E-state index in [1.54, 1.807) is 30.3 Å². The molecule has 8 heteroatoms. The van der Waals surface area contributed by atoms with Crippen LogP contribution < -0.4 is 5.32 Å². The molecular weight excluding hydrogens is 389 g/mol. The van der Waals surface area contributed by atoms with Gasteiger partial charge in [-0.3, -0.25) is 4.79 Å². The van der Waals surface area contributed by atoms with Crippen molar-refractivity contribution < 1.29 is 22.7 Å². The Labute approximate surface area is 160 Å². The molecule has 0 aliphatic heterocycles. The van der Waals surface area contributed by atoms with E-state index in [0.717, 1.165) is 27.8 Å². The number of hydrogen-bond donors (Lipinski definition) is 2. The van der Waals surface area contributed by atoms with Crippen molar-refractivity contribution in [1.29, 1.82) is 0 Å². The summed E-state index contributed by atoms with van der Waals surface area (Å²) in [6.07, 6.45) is 1.13. The third-order valence-electron chi connectivity index (χ3n) is 3.90. The Kier molecular flexibility index (Phi) is 5.41. The monoisotopic (exact) mass is 405 g/mol. The van der Waals surface area contributed by atoms with Crippen LogP contribution in [0.15, 0.2) is 59.5 Å². The Hall–Kier alpha value is -2.55. The molecule has 0 saturated carbocycles. The number of carbonyl (C=O) groups excluding carboxylic acids is 1. The van der Waals surface area contributed by atoms with Gasteiger partial charge in [0.2, 0.25) is 0 Å². The van der Waals surface area contributed by atoms with Gasteiger partial charge in [0.15, 0.2) is 9.84 Å². The number of hydrogen-bond acceptors (Lipinski definition) is 5. The third kappa shape index (κ3) is 4.24. The molecule has 3 rings (SSSR count). The van der Waals surface area contributed by atoms with Gasteiger partial charge in [0.05, 0.1) is 9.77 Å². The van der Waals surface area contributed by atoms with Crippen LogP contribution in [-0.4, -0.2) is 32.4 Å². The molecule has 0 fully saturated rings. The first kappa shape index (κ1) is 19.2. The van der Waals surface area contributed by atoms with Gasteiger partial charge in [0, 0.05) is 16.7 Å². The lowest BCUT2D eigenvalue weighted by Crippen LogP contribution is -2.22. The second kappa shape index (κ2) is 7.59. The van der Waals surface area contributed by atoms with E-state index in [2.05, 4.69) is 5.32 Å². The van der Waals surface area contributed by atoms with E-state index in [-0.39, 0.29) is 10.7 Å². The van der Waals surface area contributed by atoms with Crippen LogP contribution >= 0.6 is 11.3 Å². The molecule has 0 spiro atoms. The normalized spacial score (nSPS) is 11.4. The quantitative estimate of drug-likeness (QED) is 0.638. The summed E-state index contributed by atoms with van der Waals surface area (Å²) in [5.74, 6) is -0.794. The molecule has 140 valence electrons. The van der Waals surface area contributed by atoms with Gasteiger partial charge in [-0.15, -0.1) is 11.3 Å². The molecule has 3 aromatic rings. The Bertz CT molecular complexity index is 1070. The average molecular weight is 405 g/mol. The molecule has 5 nitrogen and oxygen atoms in total. The van der Waals surface area contributed by atoms with E-state index >= 15 is 0 Å². The fraction of sp³-hybridized carbons (Fsp3) is 0.105. The maximum atomic E-state index is 13.3. The van der Waals surface area contributed by atoms with Crippen molar-refractivity contribution in [2.24, 2.45) is 0 Å². The van der Waals surface area contributed by atoms with Crippen molar-refractivity contribution in [3.8, 4) is 21.6 Å². The minimum absolute atomic E-state index is 0.197. The highest BCUT2D eigenvalue weighted by Crippen LogP contribution is 2.39. The van der Waals surface area contributed by atoms with E-state index in [0.29, 0.717) is 4.88 Å². The highest BCUT2D eigenvalue weighted by atomic mass is 32.2. The first-order valence-electron chi connectivity index (χ1n) is 7.89. The fourth-order valence-corrected chi connectivity index (χ4v) is 4.31. The molecule has 2 aromatic carbocycles. The SMILES string of the molecule is CS(=O)(=O)c1ccc(-c2cc(C(=O)NCO)sc2-c2ccc(F)cc2)cc1. The number of sulfone groups is 1. The van der Waals surface area contributed by atoms with Crippen LogP contribution in [0.25, 0.3) is 21.6 Å². The predicted molar refractivity (Wildman–Crippen MR) is 103 cm³/mol. The molecule has 0 saturated heterocycles. The van der Waals surface area contributed by atoms with Gasteiger partial charge in [-0.25, -0.2) is 12.8 Å². The van der Waals surface area contributed by atoms with E-state index in [4.69, 9.17) is 5.11 Å². The number of rotatable bonds is 5. The van der Waals surface area contributed by atoms with Crippen LogP contribution in [0.4, 0.5) is 4.39 Å². The van der Waals surface area contributed by atoms with Crippen LogP contribution in [0.3, 0.4) is 0 Å². The van der Waals surface area contributed by atoms with Crippen molar-refractivity contribution in [2.45, 2.75) is 4.90 Å². The molecule has 2 N–H and O–H groups in total. The Balaban J connectivity index is 2.12. The topological polar surface area (TPSA) is 83.5 Å². The largest absolute Gasteiger partial charge is 0.376 e. The standard InChI is InChI=1S/C19H16FNO4S2/c1-27(24,25)15-8-4-12(5-9-15)16-10-17(19(23)21-11-22)26-18(16)13-2-6-14(20)7-3-13/h2-10,22H,11H2,1H3,(H,21,23). The highest BCUT2D eigenvalue weighted by Gasteiger charge is 2.18. The van der Waals surface area contributed by atoms with E-state index in [1.165, 1.54) is 35.6 Å². The number of benzene rings is 2. The molecule has 1 heterocycles. The molecular formula is C19H16FNO4S2. The van der Waals surface area contributed by atoms with Crippen molar-refractivity contribution in [1.82, 2.24) is 5.32 Å². The number of nitrogens with one attached hydrogen (secondary N) is 1. The van der Waals surface area contributed by atoms with Crippen LogP contribution in [0, 0.1) is 5.82 Å². The summed E-state index contributed by atoms with van der Waals surface area (Å²) >= 11 is 1.21. The summed E-state index contributed by atoms with van der Waals surface area (Å²) in [7, 11) is -3.32. The second-order valence-electron chi connectivity index (χ2n) is 5.82. The minimum atomic E-state index is -3.32. The number of aliphatic hydroxyl groups is 1. The number of carbonyl (C=O) groups is 1. The van der Waals surface area contributed by atoms with Crippen LogP contribution in [-0.2, 0) is 9.84 Å². The first-order chi connectivity index (χ1) is 12.8. The number of amides is 1. The van der Waals surface area contributed by atoms with E-state index in [1.807, 2.05) is 0 Å². The molecule has 1 amide bonds. The summed E-state index contributed by atoms with van der Waals surface area (Å²) in [4.78, 5) is 13.4. The molecule has 27 heavy (non-hydrogen) atoms. The predicted octanol–water partition coefficient (Wildman–Crippen LogP) is 3.30. The molecule has 0 aliphatic carbocycles. The highest BCUT2D eigenvalue weighted by molar-refractivity contribution is 7.90. The molecule has 0 aliphatic rings. The number of halogens is 1. The summed E-state index contributed by atoms with van der Waals surface area (Å²) in [5.41, 5.74) is 2.17. The van der Waals surface area contributed by atoms with Gasteiger partial charge in [-0.05, 0) is 41.5 Å². The fourth-order valence-electron chi connectivity index (χ4n) is 2.57. The molecule has 0 radical (unpaired) electrons. The Morgan fingerprint density at radius 3 is 2.22 bits per heavy atom. The van der Waals surface area contributed by atoms with Gasteiger partial charge in [0.25, 0.3) is 5.91 Å². The van der Waals surface area contributed by atoms with Crippen LogP contribution in [0.2, 0.25) is 0 Å². The van der Waals surface area contributed by atoms with Gasteiger partial charge in [-0.2, -0.15) is 0 Å². The zero-order chi connectivity index (χ0) is 19.6. The summed E-state index contributed by atoms with van der Waals surface area (Å²) < 4.78 is 36.6. The molecule has 1 aromatic heterocycles. The van der Waals surface area contributed by atoms with Gasteiger partial charge in [0.1, 0.15) is 12.5 Å². The van der Waals surface area contributed by atoms with E-state index < -0.39 is 22.5 Å². The van der Waals surface area contributed by atoms with Crippen molar-refractivity contribution >= 4 is 27.1 Å². The van der Waals surface area contributed by atoms with Crippen LogP contribution in [0.5, 0.6) is 0 Å². The maximum Gasteiger partial charge on any atom is 0.263 e. The lowest BCUT2D eigenvalue weighted by atomic mass is 10.0. The van der Waals surface area contributed by atoms with Crippen molar-refractivity contribution in [3.63, 3.8) is 0 Å². The maximum absolute atomic E-state index is 13.3. The second-order valence-corrected chi connectivity index (χ2v) is 8.89. The van der Waals surface area contributed by atoms with Gasteiger partial charge < -0.3 is 10.4 Å². The zero-order valence-corrected chi connectivity index (χ0v) is 15.9. The van der Waals surface area contributed by atoms with Gasteiger partial charge in [-0.1, -0.05) is 24.3 Å². The average Bonchev–Trinajstić information content (AvgIpc) is 3.07. The summed E-state index contributed by atoms with van der Waals surface area (Å²) in [6.45, 7) is -0.485. The van der Waals surface area contributed by atoms with Gasteiger partial charge >= 0.3 is 0 Å². The van der Waals surface area contributed by atoms with Crippen molar-refractivity contribution in [3.05, 3.63) is 65.3 Å². The smallest absolute Gasteiger partial charge is 0.263 e. The molecule has 0 unspecified atom stereocenters. The zero-order valence-electron chi connectivity index (χ0n) is 14.3. The summed E-state index contributed by atoms with van der Waals surface area (Å²) in [6, 6.07) is 13.9. The van der Waals surface area contributed by atoms with Crippen LogP contribution in [0.1, 0.15) is 9.67 Å². The first-order valence-corrected chi connectivity index (χ1v) is 10.6. The number of thiophene rings is 1. The third-order valence-corrected chi connectivity index (χ3v) is 6.21. The molecule has 0 bridgehead atoms.